The molecule has 0 aliphatic carbocycles. The largest absolute Gasteiger partial charge is 0.456 e. The van der Waals surface area contributed by atoms with E-state index >= 15 is 0 Å². The number of amides is 2. The van der Waals surface area contributed by atoms with Crippen LogP contribution in [0.4, 0.5) is 0 Å². The molecule has 23 nitrogen and oxygen atoms in total. The standard InChI is InChI=1S/C62H68N4O19/c1-37-50(75-33-42-21-11-6-12-22-42)54(76-34-43-23-13-7-14-24-43)56(77-35-44-25-15-8-16-26-44)61(78-37)85-53-49(66-58(71)45-27-17-18-28-46(45)59(66)72)60(74-30-29-64-65-63)82-47(31-67)51(53)84-62-57(81-40(4)70)55(80-39(3)69)52(79-38(2)68)48(83-62)36-73-32-41-19-9-5-10-20-41/h5-28,37,47-57,60-62,67H,29-36H2,1-4H3/t37-,47+,48+,49+,50+,51+,52-,53+,54+,55-,56-,57+,60+,61-,62-/m0/s1. The molecule has 4 aliphatic rings. The second-order valence-electron chi connectivity index (χ2n) is 20.5. The molecular formula is C62H68N4O19. The van der Waals surface area contributed by atoms with Crippen molar-refractivity contribution in [2.45, 2.75) is 146 Å². The Bertz CT molecular complexity index is 3020. The predicted octanol–water partition coefficient (Wildman–Crippen LogP) is 6.70. The lowest BCUT2D eigenvalue weighted by Gasteiger charge is -2.52. The number of esters is 3. The van der Waals surface area contributed by atoms with Gasteiger partial charge >= 0.3 is 17.9 Å². The van der Waals surface area contributed by atoms with Crippen molar-refractivity contribution in [2.24, 2.45) is 5.11 Å². The van der Waals surface area contributed by atoms with Crippen molar-refractivity contribution in [1.29, 1.82) is 0 Å². The fourth-order valence-corrected chi connectivity index (χ4v) is 10.8. The molecule has 23 heteroatoms. The first-order chi connectivity index (χ1) is 41.3. The van der Waals surface area contributed by atoms with Gasteiger partial charge < -0.3 is 66.7 Å². The summed E-state index contributed by atoms with van der Waals surface area (Å²) in [6.07, 6.45) is -20.2. The van der Waals surface area contributed by atoms with Gasteiger partial charge in [-0.1, -0.05) is 139 Å². The van der Waals surface area contributed by atoms with Crippen LogP contribution in [0.3, 0.4) is 0 Å². The third-order valence-electron chi connectivity index (χ3n) is 14.5. The maximum Gasteiger partial charge on any atom is 0.303 e. The van der Waals surface area contributed by atoms with Crippen molar-refractivity contribution in [3.8, 4) is 0 Å². The molecule has 3 fully saturated rings. The number of carbonyl (C=O) groups excluding carboxylic acids is 5. The number of benzene rings is 5. The fraction of sp³-hybridized carbons (Fsp3) is 0.435. The number of hydrogen-bond acceptors (Lipinski definition) is 20. The van der Waals surface area contributed by atoms with Crippen LogP contribution in [0.1, 0.15) is 70.7 Å². The Morgan fingerprint density at radius 3 is 1.48 bits per heavy atom. The summed E-state index contributed by atoms with van der Waals surface area (Å²) in [5.41, 5.74) is 12.5. The minimum Gasteiger partial charge on any atom is -0.456 e. The van der Waals surface area contributed by atoms with Gasteiger partial charge in [-0.25, -0.2) is 0 Å². The molecule has 0 unspecified atom stereocenters. The molecule has 9 rings (SSSR count). The molecule has 0 radical (unpaired) electrons. The lowest BCUT2D eigenvalue weighted by atomic mass is 9.93. The summed E-state index contributed by atoms with van der Waals surface area (Å²) in [5.74, 6) is -4.16. The number of azide groups is 1. The molecule has 2 amide bonds. The Kier molecular flexibility index (Phi) is 21.9. The van der Waals surface area contributed by atoms with Crippen LogP contribution in [0.25, 0.3) is 10.4 Å². The average molecular weight is 1170 g/mol. The van der Waals surface area contributed by atoms with Gasteiger partial charge in [0.2, 0.25) is 0 Å². The van der Waals surface area contributed by atoms with E-state index < -0.39 is 128 Å². The third-order valence-corrected chi connectivity index (χ3v) is 14.5. The SMILES string of the molecule is CC(=O)O[C@H]1[C@@H](OC(C)=O)[C@@H](COCc2ccccc2)O[C@@H](O[C@H]2[C@H](O[C@@H]3O[C@@H](C)[C@@H](OCc4ccccc4)[C@@H](OCc4ccccc4)[C@@H]3OCc3ccccc3)[C@@H](N3C(=O)c4ccccc4C3=O)[C@H](OCCN=[N+]=[N-])O[C@@H]2CO)[C@@H]1OC(C)=O. The summed E-state index contributed by atoms with van der Waals surface area (Å²) in [7, 11) is 0. The maximum atomic E-state index is 15.0. The zero-order valence-corrected chi connectivity index (χ0v) is 47.3. The minimum atomic E-state index is -1.85. The summed E-state index contributed by atoms with van der Waals surface area (Å²) in [4.78, 5) is 73.0. The quantitative estimate of drug-likeness (QED) is 0.0115. The molecule has 3 saturated heterocycles. The van der Waals surface area contributed by atoms with Crippen LogP contribution in [0.5, 0.6) is 0 Å². The number of hydrogen-bond donors (Lipinski definition) is 1. The van der Waals surface area contributed by atoms with E-state index in [4.69, 9.17) is 61.6 Å². The van der Waals surface area contributed by atoms with E-state index in [0.29, 0.717) is 0 Å². The predicted molar refractivity (Wildman–Crippen MR) is 297 cm³/mol. The summed E-state index contributed by atoms with van der Waals surface area (Å²) in [5, 5.41) is 15.2. The molecular weight excluding hydrogens is 1100 g/mol. The highest BCUT2D eigenvalue weighted by Gasteiger charge is 2.61. The number of ether oxygens (including phenoxy) is 13. The molecule has 4 heterocycles. The summed E-state index contributed by atoms with van der Waals surface area (Å²) in [6.45, 7) is 3.57. The number of imide groups is 1. The van der Waals surface area contributed by atoms with Crippen LogP contribution in [0.15, 0.2) is 151 Å². The molecule has 450 valence electrons. The molecule has 0 saturated carbocycles. The van der Waals surface area contributed by atoms with E-state index in [2.05, 4.69) is 10.0 Å². The Hall–Kier alpha value is -7.48. The second-order valence-corrected chi connectivity index (χ2v) is 20.5. The van der Waals surface area contributed by atoms with Gasteiger partial charge in [-0.15, -0.1) is 0 Å². The summed E-state index contributed by atoms with van der Waals surface area (Å²) in [6, 6.07) is 41.9. The van der Waals surface area contributed by atoms with Gasteiger partial charge in [0.1, 0.15) is 48.8 Å². The van der Waals surface area contributed by atoms with Crippen molar-refractivity contribution >= 4 is 29.7 Å². The van der Waals surface area contributed by atoms with Crippen LogP contribution in [-0.2, 0) is 102 Å². The van der Waals surface area contributed by atoms with Crippen molar-refractivity contribution in [1.82, 2.24) is 4.90 Å². The van der Waals surface area contributed by atoms with Crippen LogP contribution >= 0.6 is 0 Å². The zero-order valence-electron chi connectivity index (χ0n) is 47.3. The number of aliphatic hydroxyl groups is 1. The van der Waals surface area contributed by atoms with E-state index in [0.717, 1.165) is 47.9 Å². The van der Waals surface area contributed by atoms with E-state index in [1.807, 2.05) is 121 Å². The van der Waals surface area contributed by atoms with Gasteiger partial charge in [0.15, 0.2) is 37.2 Å². The normalized spacial score (nSPS) is 28.2. The lowest BCUT2D eigenvalue weighted by molar-refractivity contribution is -0.382. The Morgan fingerprint density at radius 2 is 0.965 bits per heavy atom. The highest BCUT2D eigenvalue weighted by molar-refractivity contribution is 6.21. The number of nitrogens with zero attached hydrogens (tertiary/aromatic N) is 4. The Labute approximate surface area is 490 Å². The van der Waals surface area contributed by atoms with Crippen LogP contribution in [0, 0.1) is 0 Å². The first-order valence-corrected chi connectivity index (χ1v) is 27.9. The number of carbonyl (C=O) groups is 5. The van der Waals surface area contributed by atoms with Crippen molar-refractivity contribution < 1.29 is 90.7 Å². The van der Waals surface area contributed by atoms with Gasteiger partial charge in [0, 0.05) is 32.2 Å². The smallest absolute Gasteiger partial charge is 0.303 e. The molecule has 0 aromatic heterocycles. The van der Waals surface area contributed by atoms with E-state index in [1.165, 1.54) is 12.1 Å². The van der Waals surface area contributed by atoms with Crippen molar-refractivity contribution in [2.75, 3.05) is 26.4 Å². The minimum absolute atomic E-state index is 0.0194. The van der Waals surface area contributed by atoms with Crippen LogP contribution in [-0.4, -0.2) is 158 Å². The lowest BCUT2D eigenvalue weighted by Crippen LogP contribution is -2.71. The van der Waals surface area contributed by atoms with Crippen LogP contribution < -0.4 is 0 Å². The molecule has 5 aromatic rings. The highest BCUT2D eigenvalue weighted by Crippen LogP contribution is 2.41. The van der Waals surface area contributed by atoms with E-state index in [-0.39, 0.29) is 57.3 Å². The summed E-state index contributed by atoms with van der Waals surface area (Å²) >= 11 is 0. The van der Waals surface area contributed by atoms with Crippen molar-refractivity contribution in [3.05, 3.63) is 189 Å². The molecule has 4 aliphatic heterocycles. The highest BCUT2D eigenvalue weighted by atomic mass is 16.8. The molecule has 1 N–H and O–H groups in total. The van der Waals surface area contributed by atoms with Crippen molar-refractivity contribution in [3.63, 3.8) is 0 Å². The zero-order chi connectivity index (χ0) is 59.8. The number of rotatable bonds is 26. The van der Waals surface area contributed by atoms with Gasteiger partial charge in [-0.3, -0.25) is 28.9 Å². The second kappa shape index (κ2) is 30.0. The maximum absolute atomic E-state index is 15.0. The van der Waals surface area contributed by atoms with E-state index in [1.54, 1.807) is 19.1 Å². The van der Waals surface area contributed by atoms with Gasteiger partial charge in [0.25, 0.3) is 11.8 Å². The Balaban J connectivity index is 1.18. The molecule has 0 bridgehead atoms. The van der Waals surface area contributed by atoms with E-state index in [9.17, 15) is 34.6 Å². The number of fused-ring (bicyclic) bond motifs is 1. The molecule has 15 atom stereocenters. The fourth-order valence-electron chi connectivity index (χ4n) is 10.8. The van der Waals surface area contributed by atoms with Gasteiger partial charge in [0.05, 0.1) is 63.5 Å². The van der Waals surface area contributed by atoms with Gasteiger partial charge in [-0.2, -0.15) is 0 Å². The number of aliphatic hydroxyl groups excluding tert-OH is 1. The molecule has 85 heavy (non-hydrogen) atoms. The monoisotopic (exact) mass is 1170 g/mol. The molecule has 5 aromatic carbocycles. The molecule has 0 spiro atoms. The first-order valence-electron chi connectivity index (χ1n) is 27.9. The Morgan fingerprint density at radius 1 is 0.518 bits per heavy atom. The van der Waals surface area contributed by atoms with Gasteiger partial charge in [-0.05, 0) is 46.8 Å². The average Bonchev–Trinajstić information content (AvgIpc) is 2.59. The first kappa shape index (κ1) is 62.1. The third kappa shape index (κ3) is 15.7. The topological polar surface area (TPSA) is 278 Å². The summed E-state index contributed by atoms with van der Waals surface area (Å²) < 4.78 is 85.1. The van der Waals surface area contributed by atoms with Crippen LogP contribution in [0.2, 0.25) is 0 Å².